The number of benzene rings is 1. The molecule has 3 aromatic heterocycles. The number of aromatic amines is 1. The van der Waals surface area contributed by atoms with Crippen molar-refractivity contribution < 1.29 is 4.74 Å². The number of methoxy groups -OCH3 is 1. The third-order valence-electron chi connectivity index (χ3n) is 4.55. The summed E-state index contributed by atoms with van der Waals surface area (Å²) in [6, 6.07) is 13.2. The molecule has 0 aliphatic heterocycles. The molecule has 1 aromatic carbocycles. The van der Waals surface area contributed by atoms with Crippen molar-refractivity contribution in [3.8, 4) is 17.1 Å². The molecule has 0 fully saturated rings. The molecular weight excluding hydrogens is 354 g/mol. The highest BCUT2D eigenvalue weighted by molar-refractivity contribution is 5.79. The number of aromatic nitrogens is 5. The van der Waals surface area contributed by atoms with Gasteiger partial charge in [0, 0.05) is 6.20 Å². The Hall–Kier alpha value is -3.48. The van der Waals surface area contributed by atoms with Gasteiger partial charge in [0.25, 0.3) is 5.56 Å². The zero-order chi connectivity index (χ0) is 19.5. The normalized spacial score (nSPS) is 11.1. The minimum Gasteiger partial charge on any atom is -0.496 e. The van der Waals surface area contributed by atoms with Crippen molar-refractivity contribution in [3.05, 3.63) is 70.4 Å². The topological polar surface area (TPSA) is 85.7 Å². The van der Waals surface area contributed by atoms with Gasteiger partial charge in [0.2, 0.25) is 0 Å². The highest BCUT2D eigenvalue weighted by Gasteiger charge is 2.18. The average Bonchev–Trinajstić information content (AvgIpc) is 3.06. The molecule has 7 nitrogen and oxygen atoms in total. The molecule has 0 saturated carbocycles. The number of ether oxygens (including phenoxy) is 1. The highest BCUT2D eigenvalue weighted by atomic mass is 16.5. The lowest BCUT2D eigenvalue weighted by atomic mass is 10.1. The third kappa shape index (κ3) is 3.26. The molecule has 28 heavy (non-hydrogen) atoms. The van der Waals surface area contributed by atoms with Crippen molar-refractivity contribution in [2.75, 3.05) is 7.11 Å². The predicted octanol–water partition coefficient (Wildman–Crippen LogP) is 3.19. The molecule has 0 aliphatic carbocycles. The van der Waals surface area contributed by atoms with Crippen LogP contribution in [0.2, 0.25) is 0 Å². The Balaban J connectivity index is 1.89. The quantitative estimate of drug-likeness (QED) is 0.559. The maximum Gasteiger partial charge on any atom is 0.277 e. The molecule has 0 atom stereocenters. The van der Waals surface area contributed by atoms with E-state index >= 15 is 0 Å². The van der Waals surface area contributed by atoms with Gasteiger partial charge in [0.15, 0.2) is 5.52 Å². The first kappa shape index (κ1) is 17.9. The second kappa shape index (κ2) is 7.64. The lowest BCUT2D eigenvalue weighted by Crippen LogP contribution is -2.15. The van der Waals surface area contributed by atoms with Crippen LogP contribution in [0.1, 0.15) is 24.7 Å². The van der Waals surface area contributed by atoms with Gasteiger partial charge in [-0.05, 0) is 30.7 Å². The number of fused-ring (bicyclic) bond motifs is 1. The molecule has 0 spiro atoms. The number of aryl methyl sites for hydroxylation is 1. The summed E-state index contributed by atoms with van der Waals surface area (Å²) in [6.07, 6.45) is 3.39. The number of H-pyrrole nitrogens is 1. The number of rotatable bonds is 6. The first-order chi connectivity index (χ1) is 13.7. The second-order valence-electron chi connectivity index (χ2n) is 6.49. The minimum atomic E-state index is -0.225. The fourth-order valence-electron chi connectivity index (χ4n) is 3.28. The van der Waals surface area contributed by atoms with Crippen LogP contribution in [0.25, 0.3) is 22.4 Å². The van der Waals surface area contributed by atoms with Crippen LogP contribution in [0, 0.1) is 0 Å². The molecule has 0 amide bonds. The fraction of sp³-hybridized carbons (Fsp3) is 0.238. The molecule has 0 unspecified atom stereocenters. The first-order valence-electron chi connectivity index (χ1n) is 9.24. The molecular formula is C21H21N5O2. The molecule has 0 aliphatic rings. The Morgan fingerprint density at radius 3 is 2.71 bits per heavy atom. The maximum absolute atomic E-state index is 13.0. The van der Waals surface area contributed by atoms with Gasteiger partial charge in [0.05, 0.1) is 30.6 Å². The van der Waals surface area contributed by atoms with E-state index in [9.17, 15) is 4.79 Å². The van der Waals surface area contributed by atoms with Gasteiger partial charge in [-0.3, -0.25) is 14.5 Å². The van der Waals surface area contributed by atoms with Crippen LogP contribution >= 0.6 is 0 Å². The van der Waals surface area contributed by atoms with E-state index in [1.54, 1.807) is 18.0 Å². The van der Waals surface area contributed by atoms with Crippen molar-refractivity contribution in [2.24, 2.45) is 0 Å². The maximum atomic E-state index is 13.0. The zero-order valence-electron chi connectivity index (χ0n) is 15.8. The zero-order valence-corrected chi connectivity index (χ0v) is 15.8. The molecule has 142 valence electrons. The van der Waals surface area contributed by atoms with E-state index in [4.69, 9.17) is 9.72 Å². The van der Waals surface area contributed by atoms with E-state index in [1.807, 2.05) is 42.5 Å². The van der Waals surface area contributed by atoms with Crippen molar-refractivity contribution >= 4 is 11.0 Å². The molecule has 0 saturated heterocycles. The van der Waals surface area contributed by atoms with Crippen LogP contribution in [-0.2, 0) is 13.0 Å². The number of nitrogens with zero attached hydrogens (tertiary/aromatic N) is 4. The standard InChI is InChI=1S/C21H21N5O2/c1-3-8-16-18-19(26(25-16)13-14-9-6-7-12-22-14)21(27)24-20(23-18)15-10-4-5-11-17(15)28-2/h4-7,9-12H,3,8,13H2,1-2H3,(H,23,24,27). The molecule has 3 heterocycles. The van der Waals surface area contributed by atoms with Crippen LogP contribution in [-0.4, -0.2) is 31.8 Å². The van der Waals surface area contributed by atoms with Crippen molar-refractivity contribution in [2.45, 2.75) is 26.3 Å². The van der Waals surface area contributed by atoms with Gasteiger partial charge < -0.3 is 9.72 Å². The summed E-state index contributed by atoms with van der Waals surface area (Å²) >= 11 is 0. The Kier molecular flexibility index (Phi) is 4.89. The lowest BCUT2D eigenvalue weighted by molar-refractivity contribution is 0.416. The SMILES string of the molecule is CCCc1nn(Cc2ccccn2)c2c(=O)[nH]c(-c3ccccc3OC)nc12. The van der Waals surface area contributed by atoms with Gasteiger partial charge in [-0.1, -0.05) is 31.5 Å². The molecule has 4 aromatic rings. The summed E-state index contributed by atoms with van der Waals surface area (Å²) in [5.41, 5.74) is 3.26. The van der Waals surface area contributed by atoms with Crippen LogP contribution in [0.3, 0.4) is 0 Å². The van der Waals surface area contributed by atoms with Gasteiger partial charge in [0.1, 0.15) is 17.1 Å². The van der Waals surface area contributed by atoms with E-state index in [0.29, 0.717) is 29.2 Å². The Labute approximate surface area is 162 Å². The largest absolute Gasteiger partial charge is 0.496 e. The average molecular weight is 375 g/mol. The predicted molar refractivity (Wildman–Crippen MR) is 107 cm³/mol. The van der Waals surface area contributed by atoms with Crippen LogP contribution in [0.4, 0.5) is 0 Å². The van der Waals surface area contributed by atoms with Crippen molar-refractivity contribution in [1.29, 1.82) is 0 Å². The summed E-state index contributed by atoms with van der Waals surface area (Å²) in [6.45, 7) is 2.50. The summed E-state index contributed by atoms with van der Waals surface area (Å²) < 4.78 is 7.12. The van der Waals surface area contributed by atoms with Crippen LogP contribution < -0.4 is 10.3 Å². The van der Waals surface area contributed by atoms with E-state index in [1.165, 1.54) is 0 Å². The smallest absolute Gasteiger partial charge is 0.277 e. The van der Waals surface area contributed by atoms with E-state index in [0.717, 1.165) is 29.8 Å². The highest BCUT2D eigenvalue weighted by Crippen LogP contribution is 2.27. The van der Waals surface area contributed by atoms with Crippen molar-refractivity contribution in [1.82, 2.24) is 24.7 Å². The summed E-state index contributed by atoms with van der Waals surface area (Å²) in [5.74, 6) is 1.13. The number of hydrogen-bond donors (Lipinski definition) is 1. The second-order valence-corrected chi connectivity index (χ2v) is 6.49. The molecule has 4 rings (SSSR count). The Morgan fingerprint density at radius 1 is 1.14 bits per heavy atom. The van der Waals surface area contributed by atoms with E-state index < -0.39 is 0 Å². The van der Waals surface area contributed by atoms with Gasteiger partial charge >= 0.3 is 0 Å². The van der Waals surface area contributed by atoms with Gasteiger partial charge in [-0.15, -0.1) is 0 Å². The van der Waals surface area contributed by atoms with Gasteiger partial charge in [-0.2, -0.15) is 5.10 Å². The number of pyridine rings is 1. The monoisotopic (exact) mass is 375 g/mol. The third-order valence-corrected chi connectivity index (χ3v) is 4.55. The van der Waals surface area contributed by atoms with Crippen LogP contribution in [0.5, 0.6) is 5.75 Å². The van der Waals surface area contributed by atoms with Crippen molar-refractivity contribution in [3.63, 3.8) is 0 Å². The van der Waals surface area contributed by atoms with E-state index in [-0.39, 0.29) is 5.56 Å². The Morgan fingerprint density at radius 2 is 1.96 bits per heavy atom. The number of para-hydroxylation sites is 1. The summed E-state index contributed by atoms with van der Waals surface area (Å²) in [5, 5.41) is 4.68. The van der Waals surface area contributed by atoms with Crippen LogP contribution in [0.15, 0.2) is 53.5 Å². The van der Waals surface area contributed by atoms with E-state index in [2.05, 4.69) is 22.0 Å². The molecule has 0 bridgehead atoms. The summed E-state index contributed by atoms with van der Waals surface area (Å²) in [4.78, 5) is 25.0. The fourth-order valence-corrected chi connectivity index (χ4v) is 3.28. The molecule has 1 N–H and O–H groups in total. The summed E-state index contributed by atoms with van der Waals surface area (Å²) in [7, 11) is 1.60. The molecule has 0 radical (unpaired) electrons. The minimum absolute atomic E-state index is 0.225. The number of nitrogens with one attached hydrogen (secondary N) is 1. The van der Waals surface area contributed by atoms with Gasteiger partial charge in [-0.25, -0.2) is 4.98 Å². The first-order valence-corrected chi connectivity index (χ1v) is 9.24. The Bertz CT molecular complexity index is 1160. The molecule has 7 heteroatoms. The number of hydrogen-bond acceptors (Lipinski definition) is 5. The lowest BCUT2D eigenvalue weighted by Gasteiger charge is -2.08.